The highest BCUT2D eigenvalue weighted by atomic mass is 35.5. The van der Waals surface area contributed by atoms with Gasteiger partial charge in [0.25, 0.3) is 5.91 Å². The largest absolute Gasteiger partial charge is 0.482 e. The molecule has 1 heterocycles. The Kier molecular flexibility index (Phi) is 6.71. The molecule has 1 fully saturated rings. The van der Waals surface area contributed by atoms with Gasteiger partial charge in [-0.05, 0) is 44.0 Å². The highest BCUT2D eigenvalue weighted by molar-refractivity contribution is 6.30. The van der Waals surface area contributed by atoms with Crippen LogP contribution in [-0.4, -0.2) is 42.6 Å². The lowest BCUT2D eigenvalue weighted by Gasteiger charge is -2.24. The maximum Gasteiger partial charge on any atom is 0.344 e. The van der Waals surface area contributed by atoms with Gasteiger partial charge in [-0.1, -0.05) is 24.4 Å². The minimum Gasteiger partial charge on any atom is -0.482 e. The van der Waals surface area contributed by atoms with E-state index in [4.69, 9.17) is 21.1 Å². The lowest BCUT2D eigenvalue weighted by Crippen LogP contribution is -2.41. The molecule has 2 rings (SSSR count). The summed E-state index contributed by atoms with van der Waals surface area (Å²) in [7, 11) is 0. The number of halogens is 1. The molecular formula is C17H22ClNO4. The van der Waals surface area contributed by atoms with Crippen molar-refractivity contribution in [2.24, 2.45) is 0 Å². The van der Waals surface area contributed by atoms with Crippen LogP contribution in [0.5, 0.6) is 5.75 Å². The van der Waals surface area contributed by atoms with Crippen LogP contribution in [-0.2, 0) is 14.3 Å². The highest BCUT2D eigenvalue weighted by Crippen LogP contribution is 2.16. The van der Waals surface area contributed by atoms with Gasteiger partial charge in [-0.25, -0.2) is 4.79 Å². The maximum atomic E-state index is 12.3. The topological polar surface area (TPSA) is 55.8 Å². The number of carbonyl (C=O) groups excluding carboxylic acids is 2. The smallest absolute Gasteiger partial charge is 0.344 e. The molecule has 0 unspecified atom stereocenters. The van der Waals surface area contributed by atoms with Crippen LogP contribution in [0.2, 0.25) is 5.02 Å². The van der Waals surface area contributed by atoms with Gasteiger partial charge in [0.15, 0.2) is 12.7 Å². The zero-order valence-corrected chi connectivity index (χ0v) is 14.1. The maximum absolute atomic E-state index is 12.3. The van der Waals surface area contributed by atoms with E-state index in [1.54, 1.807) is 36.1 Å². The minimum absolute atomic E-state index is 0.133. The van der Waals surface area contributed by atoms with Crippen molar-refractivity contribution in [2.75, 3.05) is 19.7 Å². The third kappa shape index (κ3) is 5.75. The second-order valence-electron chi connectivity index (χ2n) is 5.61. The summed E-state index contributed by atoms with van der Waals surface area (Å²) in [6.45, 7) is 2.84. The molecule has 5 nitrogen and oxygen atoms in total. The van der Waals surface area contributed by atoms with Crippen molar-refractivity contribution in [1.29, 1.82) is 0 Å². The first kappa shape index (κ1) is 17.6. The Labute approximate surface area is 141 Å². The van der Waals surface area contributed by atoms with Crippen molar-refractivity contribution in [2.45, 2.75) is 38.7 Å². The molecule has 0 bridgehead atoms. The average molecular weight is 340 g/mol. The summed E-state index contributed by atoms with van der Waals surface area (Å²) < 4.78 is 10.5. The van der Waals surface area contributed by atoms with Crippen LogP contribution in [0.15, 0.2) is 24.3 Å². The number of rotatable bonds is 5. The normalized spacial score (nSPS) is 16.3. The van der Waals surface area contributed by atoms with Gasteiger partial charge in [0.2, 0.25) is 0 Å². The summed E-state index contributed by atoms with van der Waals surface area (Å²) in [4.78, 5) is 25.9. The Morgan fingerprint density at radius 2 is 1.74 bits per heavy atom. The number of amides is 1. The molecule has 1 aromatic rings. The van der Waals surface area contributed by atoms with Crippen molar-refractivity contribution in [3.05, 3.63) is 29.3 Å². The average Bonchev–Trinajstić information content (AvgIpc) is 2.82. The summed E-state index contributed by atoms with van der Waals surface area (Å²) in [5.74, 6) is -0.166. The van der Waals surface area contributed by atoms with Crippen LogP contribution in [0.1, 0.15) is 32.6 Å². The van der Waals surface area contributed by atoms with E-state index in [1.165, 1.54) is 0 Å². The zero-order valence-electron chi connectivity index (χ0n) is 13.3. The Morgan fingerprint density at radius 3 is 2.35 bits per heavy atom. The Bertz CT molecular complexity index is 524. The van der Waals surface area contributed by atoms with Crippen molar-refractivity contribution >= 4 is 23.5 Å². The molecule has 0 N–H and O–H groups in total. The molecule has 0 aromatic heterocycles. The monoisotopic (exact) mass is 339 g/mol. The third-order valence-corrected chi connectivity index (χ3v) is 4.00. The molecule has 1 atom stereocenters. The van der Waals surface area contributed by atoms with Crippen molar-refractivity contribution in [3.63, 3.8) is 0 Å². The number of benzene rings is 1. The van der Waals surface area contributed by atoms with Crippen molar-refractivity contribution in [1.82, 2.24) is 4.90 Å². The number of ether oxygens (including phenoxy) is 2. The van der Waals surface area contributed by atoms with Gasteiger partial charge in [0.1, 0.15) is 5.75 Å². The summed E-state index contributed by atoms with van der Waals surface area (Å²) in [5, 5.41) is 0.594. The quantitative estimate of drug-likeness (QED) is 0.774. The Morgan fingerprint density at radius 1 is 1.13 bits per heavy atom. The zero-order chi connectivity index (χ0) is 16.7. The molecule has 1 saturated heterocycles. The summed E-state index contributed by atoms with van der Waals surface area (Å²) in [6, 6.07) is 6.68. The van der Waals surface area contributed by atoms with Gasteiger partial charge in [0, 0.05) is 18.1 Å². The molecule has 6 heteroatoms. The van der Waals surface area contributed by atoms with Crippen LogP contribution in [0, 0.1) is 0 Å². The summed E-state index contributed by atoms with van der Waals surface area (Å²) >= 11 is 5.77. The Balaban J connectivity index is 1.77. The molecule has 0 radical (unpaired) electrons. The molecule has 23 heavy (non-hydrogen) atoms. The van der Waals surface area contributed by atoms with Crippen LogP contribution in [0.3, 0.4) is 0 Å². The van der Waals surface area contributed by atoms with Gasteiger partial charge in [-0.15, -0.1) is 0 Å². The fourth-order valence-corrected chi connectivity index (χ4v) is 2.63. The molecule has 1 aliphatic heterocycles. The molecule has 0 aliphatic carbocycles. The van der Waals surface area contributed by atoms with E-state index >= 15 is 0 Å². The number of hydrogen-bond acceptors (Lipinski definition) is 4. The van der Waals surface area contributed by atoms with Gasteiger partial charge in [0.05, 0.1) is 0 Å². The van der Waals surface area contributed by atoms with E-state index in [1.807, 2.05) is 0 Å². The molecule has 1 amide bonds. The van der Waals surface area contributed by atoms with Gasteiger partial charge in [-0.2, -0.15) is 0 Å². The SMILES string of the molecule is C[C@@H](OC(=O)COc1ccc(Cl)cc1)C(=O)N1CCCCCC1. The standard InChI is InChI=1S/C17H22ClNO4/c1-13(17(21)19-10-4-2-3-5-11-19)23-16(20)12-22-15-8-6-14(18)7-9-15/h6-9,13H,2-5,10-12H2,1H3/t13-/m1/s1. The van der Waals surface area contributed by atoms with Crippen LogP contribution < -0.4 is 4.74 Å². The molecule has 0 saturated carbocycles. The number of hydrogen-bond donors (Lipinski definition) is 0. The lowest BCUT2D eigenvalue weighted by atomic mass is 10.2. The van der Waals surface area contributed by atoms with E-state index in [0.717, 1.165) is 38.8 Å². The predicted molar refractivity (Wildman–Crippen MR) is 87.5 cm³/mol. The summed E-state index contributed by atoms with van der Waals surface area (Å²) in [6.07, 6.45) is 3.52. The molecule has 1 aliphatic rings. The molecule has 126 valence electrons. The number of esters is 1. The third-order valence-electron chi connectivity index (χ3n) is 3.74. The van der Waals surface area contributed by atoms with E-state index in [0.29, 0.717) is 10.8 Å². The lowest BCUT2D eigenvalue weighted by molar-refractivity contribution is -0.160. The summed E-state index contributed by atoms with van der Waals surface area (Å²) in [5.41, 5.74) is 0. The van der Waals surface area contributed by atoms with Crippen LogP contribution in [0.25, 0.3) is 0 Å². The second-order valence-corrected chi connectivity index (χ2v) is 6.05. The molecule has 0 spiro atoms. The second kappa shape index (κ2) is 8.77. The van der Waals surface area contributed by atoms with Crippen molar-refractivity contribution in [3.8, 4) is 5.75 Å². The fraction of sp³-hybridized carbons (Fsp3) is 0.529. The Hall–Kier alpha value is -1.75. The fourth-order valence-electron chi connectivity index (χ4n) is 2.50. The van der Waals surface area contributed by atoms with Gasteiger partial charge >= 0.3 is 5.97 Å². The van der Waals surface area contributed by atoms with Gasteiger partial charge < -0.3 is 14.4 Å². The van der Waals surface area contributed by atoms with Gasteiger partial charge in [-0.3, -0.25) is 4.79 Å². The minimum atomic E-state index is -0.783. The first-order valence-corrected chi connectivity index (χ1v) is 8.30. The number of carbonyl (C=O) groups is 2. The number of likely N-dealkylation sites (tertiary alicyclic amines) is 1. The molecular weight excluding hydrogens is 318 g/mol. The van der Waals surface area contributed by atoms with E-state index in [-0.39, 0.29) is 12.5 Å². The van der Waals surface area contributed by atoms with Crippen LogP contribution >= 0.6 is 11.6 Å². The first-order chi connectivity index (χ1) is 11.1. The van der Waals surface area contributed by atoms with E-state index in [9.17, 15) is 9.59 Å². The van der Waals surface area contributed by atoms with Crippen LogP contribution in [0.4, 0.5) is 0 Å². The first-order valence-electron chi connectivity index (χ1n) is 7.93. The van der Waals surface area contributed by atoms with Crippen molar-refractivity contribution < 1.29 is 19.1 Å². The van der Waals surface area contributed by atoms with E-state index < -0.39 is 12.1 Å². The molecule has 1 aromatic carbocycles. The predicted octanol–water partition coefficient (Wildman–Crippen LogP) is 3.05. The highest BCUT2D eigenvalue weighted by Gasteiger charge is 2.24. The van der Waals surface area contributed by atoms with E-state index in [2.05, 4.69) is 0 Å². The number of nitrogens with zero attached hydrogens (tertiary/aromatic N) is 1.